The quantitative estimate of drug-likeness (QED) is 0.792. The van der Waals surface area contributed by atoms with E-state index in [0.29, 0.717) is 10.4 Å². The molecule has 2 nitrogen and oxygen atoms in total. The zero-order valence-corrected chi connectivity index (χ0v) is 10.4. The van der Waals surface area contributed by atoms with Gasteiger partial charge >= 0.3 is 6.36 Å². The van der Waals surface area contributed by atoms with Crippen LogP contribution in [-0.2, 0) is 6.42 Å². The van der Waals surface area contributed by atoms with E-state index in [9.17, 15) is 18.0 Å². The van der Waals surface area contributed by atoms with Crippen molar-refractivity contribution in [1.29, 1.82) is 0 Å². The smallest absolute Gasteiger partial charge is 0.406 e. The van der Waals surface area contributed by atoms with Crippen LogP contribution in [0.4, 0.5) is 13.2 Å². The lowest BCUT2D eigenvalue weighted by Crippen LogP contribution is -2.17. The Morgan fingerprint density at radius 2 is 1.84 bits per heavy atom. The second kappa shape index (κ2) is 5.44. The fourth-order valence-corrected chi connectivity index (χ4v) is 2.18. The van der Waals surface area contributed by atoms with Gasteiger partial charge in [-0.2, -0.15) is 0 Å². The van der Waals surface area contributed by atoms with Gasteiger partial charge < -0.3 is 4.74 Å². The standard InChI is InChI=1S/C13H9F3O2S/c14-13(15,16)18-10-5-3-9(4-6-10)8-11(17)12-2-1-7-19-12/h1-7H,8H2. The molecule has 2 aromatic rings. The number of ether oxygens (including phenoxy) is 1. The van der Waals surface area contributed by atoms with Crippen LogP contribution in [0.2, 0.25) is 0 Å². The lowest BCUT2D eigenvalue weighted by atomic mass is 10.1. The van der Waals surface area contributed by atoms with Gasteiger partial charge in [0.25, 0.3) is 0 Å². The largest absolute Gasteiger partial charge is 0.573 e. The van der Waals surface area contributed by atoms with Crippen LogP contribution < -0.4 is 4.74 Å². The van der Waals surface area contributed by atoms with Crippen LogP contribution in [0, 0.1) is 0 Å². The Bertz CT molecular complexity index is 544. The first-order valence-corrected chi connectivity index (χ1v) is 6.23. The lowest BCUT2D eigenvalue weighted by molar-refractivity contribution is -0.274. The van der Waals surface area contributed by atoms with E-state index in [2.05, 4.69) is 4.74 Å². The van der Waals surface area contributed by atoms with Crippen LogP contribution in [0.1, 0.15) is 15.2 Å². The number of ketones is 1. The molecule has 0 aliphatic rings. The SMILES string of the molecule is O=C(Cc1ccc(OC(F)(F)F)cc1)c1cccs1. The molecule has 0 aliphatic carbocycles. The van der Waals surface area contributed by atoms with E-state index in [1.165, 1.54) is 35.6 Å². The van der Waals surface area contributed by atoms with E-state index >= 15 is 0 Å². The van der Waals surface area contributed by atoms with Gasteiger partial charge in [0.2, 0.25) is 0 Å². The molecule has 0 amide bonds. The van der Waals surface area contributed by atoms with Crippen molar-refractivity contribution < 1.29 is 22.7 Å². The number of hydrogen-bond donors (Lipinski definition) is 0. The summed E-state index contributed by atoms with van der Waals surface area (Å²) in [6.45, 7) is 0. The average molecular weight is 286 g/mol. The molecule has 0 bridgehead atoms. The summed E-state index contributed by atoms with van der Waals surface area (Å²) < 4.78 is 39.6. The summed E-state index contributed by atoms with van der Waals surface area (Å²) in [4.78, 5) is 12.4. The first-order valence-electron chi connectivity index (χ1n) is 5.35. The van der Waals surface area contributed by atoms with Gasteiger partial charge in [-0.05, 0) is 29.1 Å². The van der Waals surface area contributed by atoms with E-state index in [0.717, 1.165) is 0 Å². The van der Waals surface area contributed by atoms with Crippen LogP contribution >= 0.6 is 11.3 Å². The number of alkyl halides is 3. The number of hydrogen-bond acceptors (Lipinski definition) is 3. The zero-order chi connectivity index (χ0) is 13.9. The molecule has 1 heterocycles. The van der Waals surface area contributed by atoms with Crippen molar-refractivity contribution in [2.24, 2.45) is 0 Å². The Morgan fingerprint density at radius 3 is 2.37 bits per heavy atom. The summed E-state index contributed by atoms with van der Waals surface area (Å²) in [6.07, 6.45) is -4.54. The maximum atomic E-state index is 12.0. The number of halogens is 3. The zero-order valence-electron chi connectivity index (χ0n) is 9.61. The van der Waals surface area contributed by atoms with Crippen LogP contribution in [0.3, 0.4) is 0 Å². The van der Waals surface area contributed by atoms with Crippen molar-refractivity contribution in [2.45, 2.75) is 12.8 Å². The maximum Gasteiger partial charge on any atom is 0.573 e. The van der Waals surface area contributed by atoms with E-state index in [4.69, 9.17) is 0 Å². The predicted molar refractivity (Wildman–Crippen MR) is 65.5 cm³/mol. The second-order valence-electron chi connectivity index (χ2n) is 3.77. The predicted octanol–water partition coefficient (Wildman–Crippen LogP) is 4.07. The molecule has 0 radical (unpaired) electrons. The summed E-state index contributed by atoms with van der Waals surface area (Å²) >= 11 is 1.34. The monoisotopic (exact) mass is 286 g/mol. The summed E-state index contributed by atoms with van der Waals surface area (Å²) in [5, 5.41) is 1.80. The normalized spacial score (nSPS) is 11.3. The Hall–Kier alpha value is -1.82. The summed E-state index contributed by atoms with van der Waals surface area (Å²) in [7, 11) is 0. The average Bonchev–Trinajstić information content (AvgIpc) is 2.83. The first kappa shape index (κ1) is 13.6. The molecule has 0 spiro atoms. The third-order valence-electron chi connectivity index (χ3n) is 2.32. The Balaban J connectivity index is 2.01. The summed E-state index contributed by atoms with van der Waals surface area (Å²) in [5.41, 5.74) is 0.646. The molecule has 0 saturated heterocycles. The van der Waals surface area contributed by atoms with Crippen molar-refractivity contribution in [1.82, 2.24) is 0 Å². The minimum absolute atomic E-state index is 0.0560. The highest BCUT2D eigenvalue weighted by Gasteiger charge is 2.30. The van der Waals surface area contributed by atoms with Gasteiger partial charge in [0, 0.05) is 6.42 Å². The fourth-order valence-electron chi connectivity index (χ4n) is 1.52. The molecule has 6 heteroatoms. The Morgan fingerprint density at radius 1 is 1.16 bits per heavy atom. The van der Waals surface area contributed by atoms with E-state index in [1.54, 1.807) is 17.5 Å². The molecule has 1 aromatic carbocycles. The molecule has 0 fully saturated rings. The molecule has 0 aliphatic heterocycles. The topological polar surface area (TPSA) is 26.3 Å². The number of benzene rings is 1. The highest BCUT2D eigenvalue weighted by atomic mass is 32.1. The Labute approximate surface area is 111 Å². The van der Waals surface area contributed by atoms with Gasteiger partial charge in [0.05, 0.1) is 4.88 Å². The van der Waals surface area contributed by atoms with Crippen LogP contribution in [0.15, 0.2) is 41.8 Å². The molecule has 0 unspecified atom stereocenters. The molecule has 2 rings (SSSR count). The Kier molecular flexibility index (Phi) is 3.90. The van der Waals surface area contributed by atoms with Gasteiger partial charge in [-0.25, -0.2) is 0 Å². The van der Waals surface area contributed by atoms with Crippen molar-refractivity contribution in [2.75, 3.05) is 0 Å². The first-order chi connectivity index (χ1) is 8.94. The minimum atomic E-state index is -4.70. The maximum absolute atomic E-state index is 12.0. The van der Waals surface area contributed by atoms with Gasteiger partial charge in [-0.15, -0.1) is 24.5 Å². The molecule has 0 N–H and O–H groups in total. The van der Waals surface area contributed by atoms with Crippen LogP contribution in [-0.4, -0.2) is 12.1 Å². The van der Waals surface area contributed by atoms with Crippen molar-refractivity contribution in [3.8, 4) is 5.75 Å². The number of rotatable bonds is 4. The molecule has 0 saturated carbocycles. The van der Waals surface area contributed by atoms with Gasteiger partial charge in [0.1, 0.15) is 5.75 Å². The number of thiophene rings is 1. The van der Waals surface area contributed by atoms with Gasteiger partial charge in [0.15, 0.2) is 5.78 Å². The molecule has 19 heavy (non-hydrogen) atoms. The van der Waals surface area contributed by atoms with Crippen molar-refractivity contribution in [3.05, 3.63) is 52.2 Å². The van der Waals surface area contributed by atoms with E-state index < -0.39 is 6.36 Å². The fraction of sp³-hybridized carbons (Fsp3) is 0.154. The van der Waals surface area contributed by atoms with E-state index in [-0.39, 0.29) is 18.0 Å². The van der Waals surface area contributed by atoms with Crippen LogP contribution in [0.5, 0.6) is 5.75 Å². The third-order valence-corrected chi connectivity index (χ3v) is 3.23. The van der Waals surface area contributed by atoms with Crippen molar-refractivity contribution in [3.63, 3.8) is 0 Å². The number of carbonyl (C=O) groups excluding carboxylic acids is 1. The lowest BCUT2D eigenvalue weighted by Gasteiger charge is -2.08. The molecule has 1 aromatic heterocycles. The second-order valence-corrected chi connectivity index (χ2v) is 4.72. The van der Waals surface area contributed by atoms with Gasteiger partial charge in [-0.1, -0.05) is 18.2 Å². The van der Waals surface area contributed by atoms with E-state index in [1.807, 2.05) is 0 Å². The minimum Gasteiger partial charge on any atom is -0.406 e. The van der Waals surface area contributed by atoms with Gasteiger partial charge in [-0.3, -0.25) is 4.79 Å². The number of carbonyl (C=O) groups is 1. The van der Waals surface area contributed by atoms with Crippen LogP contribution in [0.25, 0.3) is 0 Å². The highest BCUT2D eigenvalue weighted by Crippen LogP contribution is 2.23. The highest BCUT2D eigenvalue weighted by molar-refractivity contribution is 7.12. The van der Waals surface area contributed by atoms with Crippen molar-refractivity contribution >= 4 is 17.1 Å². The summed E-state index contributed by atoms with van der Waals surface area (Å²) in [6, 6.07) is 8.79. The summed E-state index contributed by atoms with van der Waals surface area (Å²) in [5.74, 6) is -0.348. The molecular formula is C13H9F3O2S. The number of Topliss-reactive ketones (excluding diaryl/α,β-unsaturated/α-hetero) is 1. The molecular weight excluding hydrogens is 277 g/mol. The molecule has 100 valence electrons. The molecule has 0 atom stereocenters. The third kappa shape index (κ3) is 4.10.